The molecule has 0 spiro atoms. The van der Waals surface area contributed by atoms with E-state index in [-0.39, 0.29) is 25.0 Å². The molecular formula is C17H16BrN3O3. The average molecular weight is 390 g/mol. The van der Waals surface area contributed by atoms with Crippen molar-refractivity contribution in [3.8, 4) is 5.75 Å². The molecule has 1 aliphatic heterocycles. The first-order valence-corrected chi connectivity index (χ1v) is 8.21. The molecule has 0 bridgehead atoms. The lowest BCUT2D eigenvalue weighted by Crippen LogP contribution is -2.44. The smallest absolute Gasteiger partial charge is 0.266 e. The zero-order valence-corrected chi connectivity index (χ0v) is 14.9. The molecule has 2 amide bonds. The Morgan fingerprint density at radius 3 is 2.71 bits per heavy atom. The number of carbonyl (C=O) groups excluding carboxylic acids is 2. The van der Waals surface area contributed by atoms with Gasteiger partial charge in [0.15, 0.2) is 18.2 Å². The summed E-state index contributed by atoms with van der Waals surface area (Å²) in [7, 11) is 0. The lowest BCUT2D eigenvalue weighted by molar-refractivity contribution is -0.123. The van der Waals surface area contributed by atoms with Crippen molar-refractivity contribution in [2.45, 2.75) is 13.8 Å². The van der Waals surface area contributed by atoms with Crippen molar-refractivity contribution >= 4 is 39.2 Å². The van der Waals surface area contributed by atoms with Gasteiger partial charge in [-0.1, -0.05) is 18.2 Å². The fourth-order valence-corrected chi connectivity index (χ4v) is 2.85. The van der Waals surface area contributed by atoms with Gasteiger partial charge in [-0.25, -0.2) is 4.98 Å². The Bertz CT molecular complexity index is 802. The van der Waals surface area contributed by atoms with Crippen LogP contribution < -0.4 is 15.0 Å². The molecule has 1 aromatic carbocycles. The summed E-state index contributed by atoms with van der Waals surface area (Å²) in [6.45, 7) is 3.63. The van der Waals surface area contributed by atoms with Gasteiger partial charge in [0.05, 0.1) is 0 Å². The largest absolute Gasteiger partial charge is 0.480 e. The van der Waals surface area contributed by atoms with Gasteiger partial charge >= 0.3 is 0 Å². The summed E-state index contributed by atoms with van der Waals surface area (Å²) < 4.78 is 5.92. The number of para-hydroxylation sites is 1. The zero-order valence-electron chi connectivity index (χ0n) is 13.3. The number of benzene rings is 1. The minimum Gasteiger partial charge on any atom is -0.480 e. The maximum Gasteiger partial charge on any atom is 0.266 e. The standard InChI is InChI=1S/C17H16BrN3O3/c1-10-4-3-5-11(2)16(10)20-14(22)8-21-15(23)9-24-12-6-7-13(18)19-17(12)21/h3-7H,8-9H2,1-2H3,(H,20,22). The van der Waals surface area contributed by atoms with Crippen LogP contribution in [0.2, 0.25) is 0 Å². The minimum atomic E-state index is -0.301. The molecule has 1 aromatic heterocycles. The van der Waals surface area contributed by atoms with E-state index in [0.717, 1.165) is 16.8 Å². The number of halogens is 1. The number of nitrogens with one attached hydrogen (secondary N) is 1. The number of pyridine rings is 1. The van der Waals surface area contributed by atoms with E-state index in [1.165, 1.54) is 4.90 Å². The van der Waals surface area contributed by atoms with Gasteiger partial charge in [0.2, 0.25) is 5.91 Å². The van der Waals surface area contributed by atoms with Gasteiger partial charge in [-0.05, 0) is 53.0 Å². The topological polar surface area (TPSA) is 71.5 Å². The molecule has 3 rings (SSSR count). The van der Waals surface area contributed by atoms with Gasteiger partial charge < -0.3 is 10.1 Å². The van der Waals surface area contributed by atoms with Gasteiger partial charge in [-0.15, -0.1) is 0 Å². The molecule has 124 valence electrons. The molecular weight excluding hydrogens is 374 g/mol. The number of rotatable bonds is 3. The number of hydrogen-bond donors (Lipinski definition) is 1. The SMILES string of the molecule is Cc1cccc(C)c1NC(=O)CN1C(=O)COc2ccc(Br)nc21. The lowest BCUT2D eigenvalue weighted by Gasteiger charge is -2.27. The molecule has 2 aromatic rings. The van der Waals surface area contributed by atoms with E-state index in [2.05, 4.69) is 26.2 Å². The molecule has 0 saturated heterocycles. The maximum absolute atomic E-state index is 12.4. The van der Waals surface area contributed by atoms with Crippen LogP contribution in [0.25, 0.3) is 0 Å². The molecule has 1 aliphatic rings. The number of ether oxygens (including phenoxy) is 1. The Kier molecular flexibility index (Phi) is 4.53. The molecule has 0 atom stereocenters. The number of anilines is 2. The van der Waals surface area contributed by atoms with Gasteiger partial charge in [-0.2, -0.15) is 0 Å². The molecule has 0 fully saturated rings. The van der Waals surface area contributed by atoms with Crippen molar-refractivity contribution in [3.63, 3.8) is 0 Å². The lowest BCUT2D eigenvalue weighted by atomic mass is 10.1. The van der Waals surface area contributed by atoms with Crippen LogP contribution >= 0.6 is 15.9 Å². The van der Waals surface area contributed by atoms with E-state index in [9.17, 15) is 9.59 Å². The molecule has 0 aliphatic carbocycles. The normalized spacial score (nSPS) is 13.3. The average Bonchev–Trinajstić information content (AvgIpc) is 2.54. The van der Waals surface area contributed by atoms with Gasteiger partial charge in [0, 0.05) is 5.69 Å². The van der Waals surface area contributed by atoms with Crippen LogP contribution in [-0.2, 0) is 9.59 Å². The van der Waals surface area contributed by atoms with Crippen molar-refractivity contribution in [1.29, 1.82) is 0 Å². The van der Waals surface area contributed by atoms with Crippen LogP contribution in [0.3, 0.4) is 0 Å². The van der Waals surface area contributed by atoms with Crippen LogP contribution in [-0.4, -0.2) is 29.9 Å². The Labute approximate surface area is 148 Å². The van der Waals surface area contributed by atoms with Crippen LogP contribution in [0.5, 0.6) is 5.75 Å². The van der Waals surface area contributed by atoms with Crippen LogP contribution in [0.4, 0.5) is 11.5 Å². The molecule has 6 nitrogen and oxygen atoms in total. The summed E-state index contributed by atoms with van der Waals surface area (Å²) in [6, 6.07) is 9.23. The van der Waals surface area contributed by atoms with Crippen molar-refractivity contribution in [3.05, 3.63) is 46.1 Å². The second-order valence-corrected chi connectivity index (χ2v) is 6.35. The quantitative estimate of drug-likeness (QED) is 0.819. The monoisotopic (exact) mass is 389 g/mol. The predicted octanol–water partition coefficient (Wildman–Crippen LogP) is 2.83. The number of carbonyl (C=O) groups is 2. The summed E-state index contributed by atoms with van der Waals surface area (Å²) in [5, 5.41) is 2.88. The van der Waals surface area contributed by atoms with E-state index in [0.29, 0.717) is 16.2 Å². The van der Waals surface area contributed by atoms with Gasteiger partial charge in [-0.3, -0.25) is 14.5 Å². The van der Waals surface area contributed by atoms with Gasteiger partial charge in [0.25, 0.3) is 5.91 Å². The van der Waals surface area contributed by atoms with Crippen molar-refractivity contribution < 1.29 is 14.3 Å². The summed E-state index contributed by atoms with van der Waals surface area (Å²) in [5.74, 6) is 0.245. The number of hydrogen-bond acceptors (Lipinski definition) is 4. The fourth-order valence-electron chi connectivity index (χ4n) is 2.55. The third kappa shape index (κ3) is 3.26. The Morgan fingerprint density at radius 1 is 1.29 bits per heavy atom. The molecule has 0 radical (unpaired) electrons. The molecule has 1 N–H and O–H groups in total. The molecule has 0 unspecified atom stereocenters. The number of amides is 2. The third-order valence-corrected chi connectivity index (χ3v) is 4.20. The van der Waals surface area contributed by atoms with Crippen LogP contribution in [0, 0.1) is 13.8 Å². The molecule has 0 saturated carbocycles. The number of fused-ring (bicyclic) bond motifs is 1. The Hall–Kier alpha value is -2.41. The van der Waals surface area contributed by atoms with E-state index < -0.39 is 0 Å². The number of aromatic nitrogens is 1. The summed E-state index contributed by atoms with van der Waals surface area (Å²) in [4.78, 5) is 30.2. The Balaban J connectivity index is 1.82. The van der Waals surface area contributed by atoms with E-state index in [1.54, 1.807) is 12.1 Å². The van der Waals surface area contributed by atoms with E-state index >= 15 is 0 Å². The molecule has 24 heavy (non-hydrogen) atoms. The molecule has 7 heteroatoms. The first-order chi connectivity index (χ1) is 11.5. The van der Waals surface area contributed by atoms with Crippen molar-refractivity contribution in [2.24, 2.45) is 0 Å². The highest BCUT2D eigenvalue weighted by Gasteiger charge is 2.29. The van der Waals surface area contributed by atoms with Gasteiger partial charge in [0.1, 0.15) is 11.1 Å². The number of aryl methyl sites for hydroxylation is 2. The minimum absolute atomic E-state index is 0.104. The third-order valence-electron chi connectivity index (χ3n) is 3.76. The summed E-state index contributed by atoms with van der Waals surface area (Å²) in [5.41, 5.74) is 2.71. The highest BCUT2D eigenvalue weighted by Crippen LogP contribution is 2.31. The van der Waals surface area contributed by atoms with Crippen molar-refractivity contribution in [1.82, 2.24) is 4.98 Å². The van der Waals surface area contributed by atoms with Crippen LogP contribution in [0.15, 0.2) is 34.9 Å². The second-order valence-electron chi connectivity index (χ2n) is 5.54. The van der Waals surface area contributed by atoms with E-state index in [1.807, 2.05) is 32.0 Å². The van der Waals surface area contributed by atoms with Crippen LogP contribution in [0.1, 0.15) is 11.1 Å². The second kappa shape index (κ2) is 6.60. The number of nitrogens with zero attached hydrogens (tertiary/aromatic N) is 2. The van der Waals surface area contributed by atoms with E-state index in [4.69, 9.17) is 4.74 Å². The highest BCUT2D eigenvalue weighted by molar-refractivity contribution is 9.10. The first kappa shape index (κ1) is 16.4. The maximum atomic E-state index is 12.4. The fraction of sp³-hybridized carbons (Fsp3) is 0.235. The Morgan fingerprint density at radius 2 is 2.00 bits per heavy atom. The van der Waals surface area contributed by atoms with Crippen molar-refractivity contribution in [2.75, 3.05) is 23.4 Å². The molecule has 2 heterocycles. The first-order valence-electron chi connectivity index (χ1n) is 7.41. The highest BCUT2D eigenvalue weighted by atomic mass is 79.9. The summed E-state index contributed by atoms with van der Waals surface area (Å²) in [6.07, 6.45) is 0. The predicted molar refractivity (Wildman–Crippen MR) is 94.3 cm³/mol. The summed E-state index contributed by atoms with van der Waals surface area (Å²) >= 11 is 3.27. The zero-order chi connectivity index (χ0) is 17.3.